The van der Waals surface area contributed by atoms with Crippen LogP contribution in [0.15, 0.2) is 83.4 Å². The van der Waals surface area contributed by atoms with Gasteiger partial charge in [0.1, 0.15) is 0 Å². The molecule has 6 rings (SSSR count). The highest BCUT2D eigenvalue weighted by Gasteiger charge is 2.24. The quantitative estimate of drug-likeness (QED) is 0.329. The van der Waals surface area contributed by atoms with E-state index in [1.807, 2.05) is 110 Å². The van der Waals surface area contributed by atoms with Crippen molar-refractivity contribution in [1.82, 2.24) is 49.1 Å². The van der Waals surface area contributed by atoms with Gasteiger partial charge in [-0.1, -0.05) is 36.4 Å². The molecule has 4 heterocycles. The minimum Gasteiger partial charge on any atom is -0.275 e. The Morgan fingerprint density at radius 3 is 1.32 bits per heavy atom. The molecule has 0 atom stereocenters. The van der Waals surface area contributed by atoms with Gasteiger partial charge >= 0.3 is 0 Å². The summed E-state index contributed by atoms with van der Waals surface area (Å²) in [7, 11) is 3.80. The monoisotopic (exact) mass is 508 g/mol. The second-order valence-electron chi connectivity index (χ2n) is 8.66. The van der Waals surface area contributed by atoms with Crippen molar-refractivity contribution in [2.75, 3.05) is 0 Å². The molecule has 0 spiro atoms. The fourth-order valence-corrected chi connectivity index (χ4v) is 5.25. The summed E-state index contributed by atoms with van der Waals surface area (Å²) in [5.74, 6) is 1.43. The normalized spacial score (nSPS) is 11.4. The van der Waals surface area contributed by atoms with E-state index in [0.29, 0.717) is 22.0 Å². The van der Waals surface area contributed by atoms with Crippen molar-refractivity contribution in [2.45, 2.75) is 24.2 Å². The highest BCUT2D eigenvalue weighted by atomic mass is 32.2. The molecule has 0 amide bonds. The van der Waals surface area contributed by atoms with E-state index in [4.69, 9.17) is 0 Å². The SMILES string of the molecule is Cc1nn(C)cc1-c1nnc(Sc2nnc(-c3cn(C)nc3C)n2-c2ccccc2)n1-c1ccccc1. The summed E-state index contributed by atoms with van der Waals surface area (Å²) in [4.78, 5) is 0. The lowest BCUT2D eigenvalue weighted by molar-refractivity contribution is 0.756. The molecule has 37 heavy (non-hydrogen) atoms. The lowest BCUT2D eigenvalue weighted by Gasteiger charge is -2.11. The molecule has 0 radical (unpaired) electrons. The summed E-state index contributed by atoms with van der Waals surface area (Å²) in [5.41, 5.74) is 5.49. The molecule has 0 aliphatic heterocycles. The number of aryl methyl sites for hydroxylation is 4. The number of nitrogens with zero attached hydrogens (tertiary/aromatic N) is 10. The predicted octanol–water partition coefficient (Wildman–Crippen LogP) is 4.42. The molecule has 6 aromatic rings. The molecule has 0 fully saturated rings. The first-order valence-corrected chi connectivity index (χ1v) is 12.5. The summed E-state index contributed by atoms with van der Waals surface area (Å²) in [6.45, 7) is 3.95. The third-order valence-corrected chi connectivity index (χ3v) is 6.88. The molecule has 0 unspecified atom stereocenters. The van der Waals surface area contributed by atoms with E-state index >= 15 is 0 Å². The van der Waals surface area contributed by atoms with Gasteiger partial charge in [0.25, 0.3) is 0 Å². The summed E-state index contributed by atoms with van der Waals surface area (Å²) in [5, 5.41) is 28.7. The Bertz CT molecular complexity index is 1570. The Hall–Kier alpha value is -4.51. The topological polar surface area (TPSA) is 97.1 Å². The second-order valence-corrected chi connectivity index (χ2v) is 9.59. The molecule has 0 bridgehead atoms. The van der Waals surface area contributed by atoms with Crippen LogP contribution in [0.5, 0.6) is 0 Å². The molecule has 11 heteroatoms. The van der Waals surface area contributed by atoms with Crippen LogP contribution in [0.3, 0.4) is 0 Å². The molecular weight excluding hydrogens is 484 g/mol. The molecule has 0 aliphatic rings. The third-order valence-electron chi connectivity index (χ3n) is 5.99. The fourth-order valence-electron chi connectivity index (χ4n) is 4.36. The van der Waals surface area contributed by atoms with Gasteiger partial charge in [0.05, 0.1) is 22.5 Å². The molecular formula is C26H24N10S. The maximum atomic E-state index is 4.59. The van der Waals surface area contributed by atoms with E-state index in [9.17, 15) is 0 Å². The van der Waals surface area contributed by atoms with Crippen LogP contribution in [0, 0.1) is 13.8 Å². The molecule has 0 N–H and O–H groups in total. The van der Waals surface area contributed by atoms with Gasteiger partial charge in [0, 0.05) is 37.9 Å². The molecule has 0 aliphatic carbocycles. The van der Waals surface area contributed by atoms with Gasteiger partial charge in [0.15, 0.2) is 11.6 Å². The van der Waals surface area contributed by atoms with Gasteiger partial charge in [-0.25, -0.2) is 0 Å². The van der Waals surface area contributed by atoms with Crippen LogP contribution < -0.4 is 0 Å². The van der Waals surface area contributed by atoms with E-state index < -0.39 is 0 Å². The Balaban J connectivity index is 1.52. The number of hydrogen-bond acceptors (Lipinski definition) is 7. The summed E-state index contributed by atoms with van der Waals surface area (Å²) < 4.78 is 7.65. The molecule has 0 saturated heterocycles. The highest BCUT2D eigenvalue weighted by molar-refractivity contribution is 7.99. The molecule has 184 valence electrons. The first-order chi connectivity index (χ1) is 18.0. The van der Waals surface area contributed by atoms with Crippen LogP contribution in [0.1, 0.15) is 11.4 Å². The van der Waals surface area contributed by atoms with Crippen molar-refractivity contribution in [2.24, 2.45) is 14.1 Å². The number of aromatic nitrogens is 10. The van der Waals surface area contributed by atoms with Crippen LogP contribution in [0.25, 0.3) is 34.2 Å². The summed E-state index contributed by atoms with van der Waals surface area (Å²) >= 11 is 1.41. The van der Waals surface area contributed by atoms with E-state index in [-0.39, 0.29) is 0 Å². The van der Waals surface area contributed by atoms with Crippen molar-refractivity contribution in [3.8, 4) is 34.2 Å². The molecule has 4 aromatic heterocycles. The highest BCUT2D eigenvalue weighted by Crippen LogP contribution is 2.35. The van der Waals surface area contributed by atoms with Crippen LogP contribution in [0.2, 0.25) is 0 Å². The summed E-state index contributed by atoms with van der Waals surface area (Å²) in [6, 6.07) is 20.1. The lowest BCUT2D eigenvalue weighted by atomic mass is 10.2. The van der Waals surface area contributed by atoms with Crippen molar-refractivity contribution >= 4 is 11.8 Å². The van der Waals surface area contributed by atoms with Crippen LogP contribution in [-0.2, 0) is 14.1 Å². The van der Waals surface area contributed by atoms with E-state index in [2.05, 4.69) is 30.6 Å². The van der Waals surface area contributed by atoms with Gasteiger partial charge in [-0.15, -0.1) is 20.4 Å². The zero-order valence-electron chi connectivity index (χ0n) is 20.8. The van der Waals surface area contributed by atoms with Crippen LogP contribution in [0.4, 0.5) is 0 Å². The van der Waals surface area contributed by atoms with Crippen LogP contribution >= 0.6 is 11.8 Å². The first kappa shape index (κ1) is 22.9. The molecule has 10 nitrogen and oxygen atoms in total. The van der Waals surface area contributed by atoms with Crippen molar-refractivity contribution in [1.29, 1.82) is 0 Å². The number of hydrogen-bond donors (Lipinski definition) is 0. The average Bonchev–Trinajstić information content (AvgIpc) is 3.66. The van der Waals surface area contributed by atoms with Crippen molar-refractivity contribution in [3.05, 3.63) is 84.4 Å². The third kappa shape index (κ3) is 4.12. The number of benzene rings is 2. The Kier molecular flexibility index (Phi) is 5.68. The minimum atomic E-state index is 0.670. The standard InChI is InChI=1S/C26H24N10S/c1-17-21(15-33(3)31-17)23-27-29-25(35(23)19-11-7-5-8-12-19)37-26-30-28-24(22-16-34(4)32-18(22)2)36(26)20-13-9-6-10-14-20/h5-16H,1-4H3. The Morgan fingerprint density at radius 2 is 0.973 bits per heavy atom. The van der Waals surface area contributed by atoms with E-state index in [1.165, 1.54) is 11.8 Å². The predicted molar refractivity (Wildman–Crippen MR) is 141 cm³/mol. The fraction of sp³-hybridized carbons (Fsp3) is 0.154. The minimum absolute atomic E-state index is 0.670. The molecule has 0 saturated carbocycles. The zero-order valence-corrected chi connectivity index (χ0v) is 21.6. The summed E-state index contributed by atoms with van der Waals surface area (Å²) in [6.07, 6.45) is 3.92. The lowest BCUT2D eigenvalue weighted by Crippen LogP contribution is -2.02. The van der Waals surface area contributed by atoms with Gasteiger partial charge in [-0.2, -0.15) is 10.2 Å². The number of rotatable bonds is 6. The van der Waals surface area contributed by atoms with Gasteiger partial charge < -0.3 is 0 Å². The van der Waals surface area contributed by atoms with Gasteiger partial charge in [0.2, 0.25) is 10.3 Å². The Labute approximate surface area is 217 Å². The second kappa shape index (κ2) is 9.17. The zero-order chi connectivity index (χ0) is 25.5. The van der Waals surface area contributed by atoms with E-state index in [1.54, 1.807) is 9.36 Å². The van der Waals surface area contributed by atoms with Gasteiger partial charge in [-0.05, 0) is 49.9 Å². The first-order valence-electron chi connectivity index (χ1n) is 11.7. The van der Waals surface area contributed by atoms with Crippen molar-refractivity contribution in [3.63, 3.8) is 0 Å². The van der Waals surface area contributed by atoms with E-state index in [0.717, 1.165) is 33.9 Å². The van der Waals surface area contributed by atoms with Crippen LogP contribution in [-0.4, -0.2) is 49.1 Å². The number of para-hydroxylation sites is 2. The smallest absolute Gasteiger partial charge is 0.203 e. The largest absolute Gasteiger partial charge is 0.275 e. The Morgan fingerprint density at radius 1 is 0.568 bits per heavy atom. The van der Waals surface area contributed by atoms with Gasteiger partial charge in [-0.3, -0.25) is 18.5 Å². The maximum absolute atomic E-state index is 4.59. The average molecular weight is 509 g/mol. The van der Waals surface area contributed by atoms with Crippen molar-refractivity contribution < 1.29 is 0 Å². The molecule has 2 aromatic carbocycles. The maximum Gasteiger partial charge on any atom is 0.203 e.